The van der Waals surface area contributed by atoms with Crippen LogP contribution in [0.5, 0.6) is 11.5 Å². The first kappa shape index (κ1) is 43.9. The zero-order valence-electron chi connectivity index (χ0n) is 35.4. The Labute approximate surface area is 349 Å². The van der Waals surface area contributed by atoms with Gasteiger partial charge in [0.1, 0.15) is 40.7 Å². The number of fused-ring (bicyclic) bond motifs is 2. The predicted molar refractivity (Wildman–Crippen MR) is 231 cm³/mol. The minimum absolute atomic E-state index is 0.0832. The molecule has 11 nitrogen and oxygen atoms in total. The van der Waals surface area contributed by atoms with E-state index < -0.39 is 35.3 Å². The van der Waals surface area contributed by atoms with Crippen molar-refractivity contribution in [3.63, 3.8) is 0 Å². The number of nitrogens with zero attached hydrogens (tertiary/aromatic N) is 3. The van der Waals surface area contributed by atoms with Crippen molar-refractivity contribution < 1.29 is 28.8 Å². The van der Waals surface area contributed by atoms with Crippen molar-refractivity contribution in [2.75, 3.05) is 33.1 Å². The molecule has 0 radical (unpaired) electrons. The molecule has 59 heavy (non-hydrogen) atoms. The van der Waals surface area contributed by atoms with Gasteiger partial charge in [-0.05, 0) is 54.3 Å². The molecule has 3 heterocycles. The monoisotopic (exact) mass is 808 g/mol. The highest BCUT2D eigenvalue weighted by Gasteiger charge is 2.66. The van der Waals surface area contributed by atoms with Crippen LogP contribution in [-0.4, -0.2) is 70.6 Å². The summed E-state index contributed by atoms with van der Waals surface area (Å²) in [5.74, 6) is 1.42. The first-order valence-electron chi connectivity index (χ1n) is 21.7. The van der Waals surface area contributed by atoms with Crippen LogP contribution in [0.15, 0.2) is 89.9 Å². The summed E-state index contributed by atoms with van der Waals surface area (Å²) >= 11 is 0. The Balaban J connectivity index is 1.23. The van der Waals surface area contributed by atoms with Crippen LogP contribution in [-0.2, 0) is 19.9 Å². The second-order valence-electron chi connectivity index (χ2n) is 16.3. The number of hydrogen-bond donors (Lipinski definition) is 2. The number of aromatic nitrogens is 2. The van der Waals surface area contributed by atoms with Gasteiger partial charge in [-0.1, -0.05) is 139 Å². The van der Waals surface area contributed by atoms with E-state index in [0.29, 0.717) is 23.5 Å². The number of nitrogens with two attached hydrogens (primary N) is 1. The molecular weight excluding hydrogens is 745 g/mol. The van der Waals surface area contributed by atoms with Gasteiger partial charge in [0.2, 0.25) is 5.91 Å². The Morgan fingerprint density at radius 1 is 0.814 bits per heavy atom. The number of nitrogen functional groups attached to an aromatic ring is 1. The van der Waals surface area contributed by atoms with Crippen molar-refractivity contribution in [3.05, 3.63) is 118 Å². The summed E-state index contributed by atoms with van der Waals surface area (Å²) in [6.07, 6.45) is 15.5. The Morgan fingerprint density at radius 3 is 1.85 bits per heavy atom. The summed E-state index contributed by atoms with van der Waals surface area (Å²) < 4.78 is 26.4. The minimum atomic E-state index is -1.38. The van der Waals surface area contributed by atoms with Crippen molar-refractivity contribution in [2.45, 2.75) is 133 Å². The number of hydrogen-bond acceptors (Lipinski definition) is 9. The number of anilines is 1. The van der Waals surface area contributed by atoms with E-state index in [9.17, 15) is 14.7 Å². The van der Waals surface area contributed by atoms with Gasteiger partial charge in [0.15, 0.2) is 6.23 Å². The van der Waals surface area contributed by atoms with Crippen molar-refractivity contribution in [3.8, 4) is 11.5 Å². The van der Waals surface area contributed by atoms with E-state index in [2.05, 4.69) is 11.9 Å². The van der Waals surface area contributed by atoms with E-state index in [1.807, 2.05) is 78.9 Å². The largest absolute Gasteiger partial charge is 0.497 e. The van der Waals surface area contributed by atoms with Crippen molar-refractivity contribution in [1.82, 2.24) is 14.5 Å². The maximum atomic E-state index is 14.2. The van der Waals surface area contributed by atoms with E-state index in [0.717, 1.165) is 36.0 Å². The summed E-state index contributed by atoms with van der Waals surface area (Å²) in [7, 11) is 3.25. The highest BCUT2D eigenvalue weighted by molar-refractivity contribution is 5.77. The molecule has 1 amide bonds. The minimum Gasteiger partial charge on any atom is -0.497 e. The maximum absolute atomic E-state index is 14.2. The smallest absolute Gasteiger partial charge is 0.351 e. The van der Waals surface area contributed by atoms with Crippen LogP contribution in [0.4, 0.5) is 5.82 Å². The SMILES string of the molecule is CCCCCCCCCCCCCCCC(=O)N1C[C@]2(COC(c3ccccc3)(c3ccc(OC)cc3)c3ccc(OC)cc3)O[C@@H](n3cc(C)c(N)nc3=O)[C@H]1[C@@H]2O. The molecule has 6 rings (SSSR count). The highest BCUT2D eigenvalue weighted by atomic mass is 16.6. The fourth-order valence-corrected chi connectivity index (χ4v) is 8.84. The van der Waals surface area contributed by atoms with Gasteiger partial charge >= 0.3 is 5.69 Å². The zero-order valence-corrected chi connectivity index (χ0v) is 35.4. The Kier molecular flexibility index (Phi) is 15.2. The summed E-state index contributed by atoms with van der Waals surface area (Å²) in [5.41, 5.74) is 5.87. The lowest BCUT2D eigenvalue weighted by atomic mass is 9.79. The third-order valence-electron chi connectivity index (χ3n) is 12.3. The molecule has 0 spiro atoms. The summed E-state index contributed by atoms with van der Waals surface area (Å²) in [6, 6.07) is 24.5. The number of likely N-dealkylation sites (tertiary alicyclic amines) is 1. The first-order chi connectivity index (χ1) is 28.7. The van der Waals surface area contributed by atoms with Gasteiger partial charge in [-0.25, -0.2) is 4.79 Å². The molecule has 0 saturated carbocycles. The number of ether oxygens (including phenoxy) is 4. The third-order valence-corrected chi connectivity index (χ3v) is 12.3. The van der Waals surface area contributed by atoms with Crippen LogP contribution in [0.3, 0.4) is 0 Å². The molecule has 318 valence electrons. The standard InChI is InChI=1S/C48H64N4O7/c1-5-6-7-8-9-10-11-12-13-14-15-16-20-23-41(53)52-33-47(43(54)42(52)45(59-47)51-32-35(2)44(49)50-46(51)55)34-58-48(36-21-18-17-19-22-36,37-24-28-39(56-3)29-25-37)38-26-30-40(57-4)31-27-38/h17-19,21-22,24-32,42-43,45,54H,5-16,20,23,33-34H2,1-4H3,(H2,49,50,55)/t42-,43+,45-,47-/m1/s1. The van der Waals surface area contributed by atoms with Gasteiger partial charge in [0.25, 0.3) is 0 Å². The topological polar surface area (TPSA) is 138 Å². The Hall–Kier alpha value is -4.71. The van der Waals surface area contributed by atoms with Gasteiger partial charge in [-0.2, -0.15) is 4.98 Å². The fourth-order valence-electron chi connectivity index (χ4n) is 8.84. The van der Waals surface area contributed by atoms with Crippen molar-refractivity contribution in [2.24, 2.45) is 0 Å². The molecule has 1 aromatic heterocycles. The normalized spacial score (nSPS) is 19.9. The van der Waals surface area contributed by atoms with Crippen LogP contribution in [0, 0.1) is 6.92 Å². The van der Waals surface area contributed by atoms with Crippen LogP contribution in [0.25, 0.3) is 0 Å². The quantitative estimate of drug-likeness (QED) is 0.0558. The van der Waals surface area contributed by atoms with Crippen LogP contribution in [0.1, 0.15) is 125 Å². The lowest BCUT2D eigenvalue weighted by Crippen LogP contribution is -2.52. The number of rotatable bonds is 23. The maximum Gasteiger partial charge on any atom is 0.351 e. The zero-order chi connectivity index (χ0) is 41.8. The molecular formula is C48H64N4O7. The second kappa shape index (κ2) is 20.5. The average Bonchev–Trinajstić information content (AvgIpc) is 3.70. The molecule has 2 fully saturated rings. The van der Waals surface area contributed by atoms with Gasteiger partial charge in [0, 0.05) is 18.2 Å². The molecule has 2 saturated heterocycles. The lowest BCUT2D eigenvalue weighted by Gasteiger charge is -2.41. The molecule has 4 atom stereocenters. The van der Waals surface area contributed by atoms with Gasteiger partial charge in [-0.15, -0.1) is 0 Å². The first-order valence-corrected chi connectivity index (χ1v) is 21.7. The van der Waals surface area contributed by atoms with E-state index in [1.165, 1.54) is 68.8 Å². The second-order valence-corrected chi connectivity index (χ2v) is 16.3. The van der Waals surface area contributed by atoms with E-state index in [4.69, 9.17) is 24.7 Å². The van der Waals surface area contributed by atoms with Crippen LogP contribution < -0.4 is 20.9 Å². The molecule has 0 unspecified atom stereocenters. The van der Waals surface area contributed by atoms with Gasteiger partial charge < -0.3 is 34.7 Å². The number of amides is 1. The summed E-state index contributed by atoms with van der Waals surface area (Å²) in [6.45, 7) is 3.99. The van der Waals surface area contributed by atoms with E-state index in [-0.39, 0.29) is 24.9 Å². The number of aliphatic hydroxyl groups excluding tert-OH is 1. The fraction of sp³-hybridized carbons (Fsp3) is 0.521. The Morgan fingerprint density at radius 2 is 1.32 bits per heavy atom. The molecule has 2 bridgehead atoms. The van der Waals surface area contributed by atoms with Crippen LogP contribution >= 0.6 is 0 Å². The summed E-state index contributed by atoms with van der Waals surface area (Å²) in [4.78, 5) is 33.3. The molecule has 0 aliphatic carbocycles. The highest BCUT2D eigenvalue weighted by Crippen LogP contribution is 2.49. The number of methoxy groups -OCH3 is 2. The van der Waals surface area contributed by atoms with Gasteiger partial charge in [-0.3, -0.25) is 9.36 Å². The number of carbonyl (C=O) groups is 1. The van der Waals surface area contributed by atoms with E-state index in [1.54, 1.807) is 32.2 Å². The van der Waals surface area contributed by atoms with Crippen molar-refractivity contribution >= 4 is 11.7 Å². The molecule has 2 aliphatic rings. The predicted octanol–water partition coefficient (Wildman–Crippen LogP) is 8.48. The molecule has 3 N–H and O–H groups in total. The summed E-state index contributed by atoms with van der Waals surface area (Å²) in [5, 5.41) is 12.3. The molecule has 2 aliphatic heterocycles. The number of benzene rings is 3. The lowest BCUT2D eigenvalue weighted by molar-refractivity contribution is -0.183. The molecule has 11 heteroatoms. The number of aliphatic hydroxyl groups is 1. The average molecular weight is 809 g/mol. The number of aryl methyl sites for hydroxylation is 1. The van der Waals surface area contributed by atoms with Crippen LogP contribution in [0.2, 0.25) is 0 Å². The third kappa shape index (κ3) is 9.85. The van der Waals surface area contributed by atoms with Crippen molar-refractivity contribution in [1.29, 1.82) is 0 Å². The molecule has 3 aromatic carbocycles. The number of unbranched alkanes of at least 4 members (excludes halogenated alkanes) is 12. The Bertz CT molecular complexity index is 1940. The van der Waals surface area contributed by atoms with E-state index >= 15 is 0 Å². The number of morpholine rings is 1. The van der Waals surface area contributed by atoms with Gasteiger partial charge in [0.05, 0.1) is 27.4 Å². The molecule has 4 aromatic rings. The number of carbonyl (C=O) groups excluding carboxylic acids is 1.